The Bertz CT molecular complexity index is 612. The second-order valence-electron chi connectivity index (χ2n) is 5.44. The number of imidazole rings is 1. The van der Waals surface area contributed by atoms with Crippen LogP contribution in [0.3, 0.4) is 0 Å². The molecule has 0 bridgehead atoms. The van der Waals surface area contributed by atoms with Crippen molar-refractivity contribution in [1.29, 1.82) is 0 Å². The molecule has 20 heavy (non-hydrogen) atoms. The van der Waals surface area contributed by atoms with E-state index < -0.39 is 0 Å². The number of pyridine rings is 1. The first-order valence-electron chi connectivity index (χ1n) is 6.98. The number of fused-ring (bicyclic) bond motifs is 1. The van der Waals surface area contributed by atoms with Gasteiger partial charge in [-0.2, -0.15) is 0 Å². The lowest BCUT2D eigenvalue weighted by Crippen LogP contribution is -2.34. The van der Waals surface area contributed by atoms with Gasteiger partial charge in [-0.15, -0.1) is 0 Å². The van der Waals surface area contributed by atoms with Gasteiger partial charge >= 0.3 is 0 Å². The zero-order valence-electron chi connectivity index (χ0n) is 11.2. The van der Waals surface area contributed by atoms with Crippen LogP contribution in [-0.4, -0.2) is 27.1 Å². The van der Waals surface area contributed by atoms with Crippen LogP contribution in [0.15, 0.2) is 23.1 Å². The topological polar surface area (TPSA) is 75.6 Å². The monoisotopic (exact) mass is 338 g/mol. The zero-order valence-corrected chi connectivity index (χ0v) is 12.8. The normalized spacial score (nSPS) is 23.1. The van der Waals surface area contributed by atoms with Crippen LogP contribution in [0.1, 0.15) is 25.7 Å². The van der Waals surface area contributed by atoms with E-state index in [1.807, 2.05) is 16.7 Å². The Hall–Kier alpha value is -1.27. The molecule has 0 aromatic carbocycles. The van der Waals surface area contributed by atoms with Crippen molar-refractivity contribution in [3.8, 4) is 0 Å². The number of aliphatic hydroxyl groups excluding tert-OH is 1. The van der Waals surface area contributed by atoms with Crippen LogP contribution in [0.5, 0.6) is 0 Å². The van der Waals surface area contributed by atoms with Crippen LogP contribution >= 0.6 is 15.9 Å². The van der Waals surface area contributed by atoms with E-state index in [4.69, 9.17) is 5.73 Å². The van der Waals surface area contributed by atoms with E-state index in [1.165, 1.54) is 12.8 Å². The molecule has 108 valence electrons. The molecule has 2 aromatic heterocycles. The molecule has 3 rings (SSSR count). The quantitative estimate of drug-likeness (QED) is 0.804. The van der Waals surface area contributed by atoms with Gasteiger partial charge in [-0.1, -0.05) is 12.8 Å². The molecule has 2 heterocycles. The van der Waals surface area contributed by atoms with Crippen molar-refractivity contribution >= 4 is 33.0 Å². The Morgan fingerprint density at radius 3 is 3.05 bits per heavy atom. The van der Waals surface area contributed by atoms with E-state index in [0.717, 1.165) is 28.8 Å². The fourth-order valence-electron chi connectivity index (χ4n) is 2.99. The second-order valence-corrected chi connectivity index (χ2v) is 6.25. The minimum absolute atomic E-state index is 0.240. The standard InChI is InChI=1S/C14H19BrN4O/c15-13-6-17-14-11(16)5-10(7-19(13)14)18-12-4-2-1-3-9(12)8-20/h5-7,9,12,18,20H,1-4,8,16H2. The molecule has 0 aliphatic heterocycles. The van der Waals surface area contributed by atoms with Crippen molar-refractivity contribution in [1.82, 2.24) is 9.38 Å². The first-order valence-corrected chi connectivity index (χ1v) is 7.78. The average Bonchev–Trinajstić information content (AvgIpc) is 2.82. The molecule has 0 radical (unpaired) electrons. The van der Waals surface area contributed by atoms with Gasteiger partial charge in [0.25, 0.3) is 0 Å². The number of hydrogen-bond acceptors (Lipinski definition) is 4. The molecule has 1 aliphatic rings. The van der Waals surface area contributed by atoms with Crippen molar-refractivity contribution in [3.05, 3.63) is 23.1 Å². The van der Waals surface area contributed by atoms with Gasteiger partial charge in [0.05, 0.1) is 17.6 Å². The predicted molar refractivity (Wildman–Crippen MR) is 83.8 cm³/mol. The molecule has 0 saturated heterocycles. The summed E-state index contributed by atoms with van der Waals surface area (Å²) in [6, 6.07) is 2.23. The van der Waals surface area contributed by atoms with E-state index in [-0.39, 0.29) is 6.61 Å². The molecule has 2 unspecified atom stereocenters. The van der Waals surface area contributed by atoms with E-state index in [9.17, 15) is 5.11 Å². The first-order chi connectivity index (χ1) is 9.69. The smallest absolute Gasteiger partial charge is 0.161 e. The van der Waals surface area contributed by atoms with Crippen molar-refractivity contribution in [2.24, 2.45) is 5.92 Å². The Kier molecular flexibility index (Phi) is 3.85. The third-order valence-electron chi connectivity index (χ3n) is 4.08. The van der Waals surface area contributed by atoms with Gasteiger partial charge in [0, 0.05) is 24.8 Å². The number of rotatable bonds is 3. The summed E-state index contributed by atoms with van der Waals surface area (Å²) in [6.07, 6.45) is 8.33. The maximum Gasteiger partial charge on any atom is 0.161 e. The first kappa shape index (κ1) is 13.7. The summed E-state index contributed by atoms with van der Waals surface area (Å²) >= 11 is 3.46. The molecule has 1 fully saturated rings. The lowest BCUT2D eigenvalue weighted by atomic mass is 9.85. The van der Waals surface area contributed by atoms with E-state index in [1.54, 1.807) is 6.20 Å². The molecule has 2 atom stereocenters. The molecule has 5 nitrogen and oxygen atoms in total. The molecule has 1 saturated carbocycles. The molecule has 0 amide bonds. The van der Waals surface area contributed by atoms with Crippen molar-refractivity contribution < 1.29 is 5.11 Å². The van der Waals surface area contributed by atoms with Gasteiger partial charge < -0.3 is 16.2 Å². The number of anilines is 2. The minimum atomic E-state index is 0.240. The SMILES string of the molecule is Nc1cc(NC2CCCCC2CO)cn2c(Br)cnc12. The maximum absolute atomic E-state index is 9.49. The van der Waals surface area contributed by atoms with Gasteiger partial charge in [0.15, 0.2) is 5.65 Å². The van der Waals surface area contributed by atoms with Gasteiger partial charge in [-0.3, -0.25) is 4.40 Å². The predicted octanol–water partition coefficient (Wildman–Crippen LogP) is 2.64. The van der Waals surface area contributed by atoms with Crippen molar-refractivity contribution in [2.75, 3.05) is 17.7 Å². The van der Waals surface area contributed by atoms with Crippen LogP contribution < -0.4 is 11.1 Å². The van der Waals surface area contributed by atoms with Gasteiger partial charge in [-0.25, -0.2) is 4.98 Å². The summed E-state index contributed by atoms with van der Waals surface area (Å²) in [5.41, 5.74) is 8.42. The molecule has 1 aliphatic carbocycles. The zero-order chi connectivity index (χ0) is 14.1. The fraction of sp³-hybridized carbons (Fsp3) is 0.500. The highest BCUT2D eigenvalue weighted by atomic mass is 79.9. The Balaban J connectivity index is 1.88. The van der Waals surface area contributed by atoms with E-state index >= 15 is 0 Å². The highest BCUT2D eigenvalue weighted by Crippen LogP contribution is 2.29. The van der Waals surface area contributed by atoms with Gasteiger partial charge in [0.2, 0.25) is 0 Å². The number of aromatic nitrogens is 2. The number of hydrogen-bond donors (Lipinski definition) is 3. The van der Waals surface area contributed by atoms with Crippen molar-refractivity contribution in [2.45, 2.75) is 31.7 Å². The van der Waals surface area contributed by atoms with Gasteiger partial charge in [0.1, 0.15) is 4.60 Å². The summed E-state index contributed by atoms with van der Waals surface area (Å²) < 4.78 is 2.80. The summed E-state index contributed by atoms with van der Waals surface area (Å²) in [7, 11) is 0. The summed E-state index contributed by atoms with van der Waals surface area (Å²) in [5, 5.41) is 13.0. The largest absolute Gasteiger partial charge is 0.396 e. The lowest BCUT2D eigenvalue weighted by molar-refractivity contribution is 0.178. The number of nitrogens with two attached hydrogens (primary N) is 1. The Labute approximate surface area is 126 Å². The third-order valence-corrected chi connectivity index (χ3v) is 4.67. The number of nitrogen functional groups attached to an aromatic ring is 1. The van der Waals surface area contributed by atoms with Crippen LogP contribution in [0.25, 0.3) is 5.65 Å². The summed E-state index contributed by atoms with van der Waals surface area (Å²) in [5.74, 6) is 0.326. The molecule has 2 aromatic rings. The number of nitrogens with zero attached hydrogens (tertiary/aromatic N) is 2. The fourth-order valence-corrected chi connectivity index (χ4v) is 3.37. The molecular formula is C14H19BrN4O. The third kappa shape index (κ3) is 2.50. The lowest BCUT2D eigenvalue weighted by Gasteiger charge is -2.31. The number of halogens is 1. The van der Waals surface area contributed by atoms with Crippen molar-refractivity contribution in [3.63, 3.8) is 0 Å². The Morgan fingerprint density at radius 2 is 2.25 bits per heavy atom. The van der Waals surface area contributed by atoms with Gasteiger partial charge in [-0.05, 0) is 34.8 Å². The van der Waals surface area contributed by atoms with Crippen LogP contribution in [-0.2, 0) is 0 Å². The maximum atomic E-state index is 9.49. The van der Waals surface area contributed by atoms with Crippen LogP contribution in [0.2, 0.25) is 0 Å². The minimum Gasteiger partial charge on any atom is -0.396 e. The average molecular weight is 339 g/mol. The van der Waals surface area contributed by atoms with E-state index in [2.05, 4.69) is 26.2 Å². The van der Waals surface area contributed by atoms with Crippen LogP contribution in [0.4, 0.5) is 11.4 Å². The molecule has 6 heteroatoms. The number of aliphatic hydroxyl groups is 1. The van der Waals surface area contributed by atoms with Crippen LogP contribution in [0, 0.1) is 5.92 Å². The highest BCUT2D eigenvalue weighted by Gasteiger charge is 2.24. The highest BCUT2D eigenvalue weighted by molar-refractivity contribution is 9.10. The molecule has 4 N–H and O–H groups in total. The molecular weight excluding hydrogens is 320 g/mol. The number of nitrogens with one attached hydrogen (secondary N) is 1. The summed E-state index contributed by atoms with van der Waals surface area (Å²) in [4.78, 5) is 4.26. The Morgan fingerprint density at radius 1 is 1.45 bits per heavy atom. The second kappa shape index (κ2) is 5.61. The molecule has 0 spiro atoms. The van der Waals surface area contributed by atoms with E-state index in [0.29, 0.717) is 17.6 Å². The summed E-state index contributed by atoms with van der Waals surface area (Å²) in [6.45, 7) is 0.240.